The van der Waals surface area contributed by atoms with Crippen molar-refractivity contribution in [3.05, 3.63) is 0 Å². The molecule has 0 spiro atoms. The average molecular weight is 237 g/mol. The second-order valence-electron chi connectivity index (χ2n) is 6.33. The average Bonchev–Trinajstić information content (AvgIpc) is 3.08. The number of nitrogens with one attached hydrogen (secondary N) is 1. The number of nitrogens with two attached hydrogens (primary N) is 1. The van der Waals surface area contributed by atoms with Crippen molar-refractivity contribution >= 4 is 0 Å². The zero-order valence-electron chi connectivity index (χ0n) is 10.9. The Bertz CT molecular complexity index is 252. The molecular weight excluding hydrogens is 210 g/mol. The van der Waals surface area contributed by atoms with Gasteiger partial charge in [0.1, 0.15) is 0 Å². The fourth-order valence-electron chi connectivity index (χ4n) is 3.53. The van der Waals surface area contributed by atoms with Gasteiger partial charge in [0.2, 0.25) is 0 Å². The lowest BCUT2D eigenvalue weighted by Crippen LogP contribution is -2.43. The van der Waals surface area contributed by atoms with E-state index in [0.717, 1.165) is 24.5 Å². The Morgan fingerprint density at radius 1 is 1.06 bits per heavy atom. The third-order valence-corrected chi connectivity index (χ3v) is 4.92. The van der Waals surface area contributed by atoms with E-state index in [9.17, 15) is 0 Å². The number of rotatable bonds is 4. The van der Waals surface area contributed by atoms with Gasteiger partial charge in [-0.3, -0.25) is 4.90 Å². The van der Waals surface area contributed by atoms with Gasteiger partial charge in [0.15, 0.2) is 0 Å². The van der Waals surface area contributed by atoms with Crippen LogP contribution in [0.2, 0.25) is 0 Å². The van der Waals surface area contributed by atoms with Crippen molar-refractivity contribution < 1.29 is 0 Å². The number of likely N-dealkylation sites (tertiary alicyclic amines) is 1. The summed E-state index contributed by atoms with van der Waals surface area (Å²) in [6, 6.07) is 2.14. The molecule has 17 heavy (non-hydrogen) atoms. The molecular formula is C14H27N3. The van der Waals surface area contributed by atoms with E-state index in [1.165, 1.54) is 58.0 Å². The SMILES string of the molecule is NC1CCCCC1CNC1CCN(C2CC2)C1. The molecule has 3 fully saturated rings. The lowest BCUT2D eigenvalue weighted by molar-refractivity contribution is 0.278. The molecule has 3 nitrogen and oxygen atoms in total. The molecule has 3 rings (SSSR count). The lowest BCUT2D eigenvalue weighted by atomic mass is 9.85. The van der Waals surface area contributed by atoms with Gasteiger partial charge in [-0.2, -0.15) is 0 Å². The fraction of sp³-hybridized carbons (Fsp3) is 1.00. The molecule has 0 aromatic rings. The van der Waals surface area contributed by atoms with Crippen molar-refractivity contribution in [2.45, 2.75) is 63.1 Å². The number of hydrogen-bond donors (Lipinski definition) is 2. The molecule has 1 saturated heterocycles. The zero-order chi connectivity index (χ0) is 11.7. The topological polar surface area (TPSA) is 41.3 Å². The first kappa shape index (κ1) is 11.9. The molecule has 3 aliphatic rings. The summed E-state index contributed by atoms with van der Waals surface area (Å²) in [5.74, 6) is 0.735. The summed E-state index contributed by atoms with van der Waals surface area (Å²) in [6.07, 6.45) is 9.55. The second-order valence-corrected chi connectivity index (χ2v) is 6.33. The molecule has 98 valence electrons. The van der Waals surface area contributed by atoms with Gasteiger partial charge in [-0.1, -0.05) is 12.8 Å². The van der Waals surface area contributed by atoms with Crippen molar-refractivity contribution in [2.24, 2.45) is 11.7 Å². The maximum atomic E-state index is 6.20. The highest BCUT2D eigenvalue weighted by Crippen LogP contribution is 2.30. The molecule has 2 saturated carbocycles. The lowest BCUT2D eigenvalue weighted by Gasteiger charge is -2.29. The minimum absolute atomic E-state index is 0.456. The van der Waals surface area contributed by atoms with Crippen LogP contribution in [0.3, 0.4) is 0 Å². The molecule has 3 heteroatoms. The number of hydrogen-bond acceptors (Lipinski definition) is 3. The van der Waals surface area contributed by atoms with Gasteiger partial charge >= 0.3 is 0 Å². The Morgan fingerprint density at radius 3 is 2.65 bits per heavy atom. The van der Waals surface area contributed by atoms with Crippen molar-refractivity contribution in [2.75, 3.05) is 19.6 Å². The highest BCUT2D eigenvalue weighted by Gasteiger charge is 2.34. The molecule has 0 aromatic carbocycles. The van der Waals surface area contributed by atoms with Gasteiger partial charge in [-0.25, -0.2) is 0 Å². The van der Waals surface area contributed by atoms with E-state index in [4.69, 9.17) is 5.73 Å². The number of nitrogens with zero attached hydrogens (tertiary/aromatic N) is 1. The van der Waals surface area contributed by atoms with E-state index < -0.39 is 0 Å². The summed E-state index contributed by atoms with van der Waals surface area (Å²) >= 11 is 0. The van der Waals surface area contributed by atoms with Crippen molar-refractivity contribution in [3.8, 4) is 0 Å². The van der Waals surface area contributed by atoms with E-state index in [1.54, 1.807) is 0 Å². The van der Waals surface area contributed by atoms with Crippen LogP contribution in [0.15, 0.2) is 0 Å². The van der Waals surface area contributed by atoms with E-state index in [0.29, 0.717) is 6.04 Å². The van der Waals surface area contributed by atoms with Crippen LogP contribution in [0, 0.1) is 5.92 Å². The quantitative estimate of drug-likeness (QED) is 0.775. The van der Waals surface area contributed by atoms with Crippen LogP contribution in [0.5, 0.6) is 0 Å². The van der Waals surface area contributed by atoms with Gasteiger partial charge < -0.3 is 11.1 Å². The standard InChI is InChI=1S/C14H27N3/c15-14-4-2-1-3-11(14)9-16-12-7-8-17(10-12)13-5-6-13/h11-14,16H,1-10,15H2. The van der Waals surface area contributed by atoms with Crippen LogP contribution in [0.1, 0.15) is 44.9 Å². The minimum atomic E-state index is 0.456. The predicted molar refractivity (Wildman–Crippen MR) is 70.9 cm³/mol. The minimum Gasteiger partial charge on any atom is -0.327 e. The summed E-state index contributed by atoms with van der Waals surface area (Å²) in [5, 5.41) is 3.77. The van der Waals surface area contributed by atoms with Gasteiger partial charge in [0.25, 0.3) is 0 Å². The maximum Gasteiger partial charge on any atom is 0.0207 e. The monoisotopic (exact) mass is 237 g/mol. The summed E-state index contributed by atoms with van der Waals surface area (Å²) in [5.41, 5.74) is 6.20. The Kier molecular flexibility index (Phi) is 3.69. The van der Waals surface area contributed by atoms with Crippen molar-refractivity contribution in [1.82, 2.24) is 10.2 Å². The van der Waals surface area contributed by atoms with Gasteiger partial charge in [-0.15, -0.1) is 0 Å². The summed E-state index contributed by atoms with van der Waals surface area (Å²) in [4.78, 5) is 2.68. The van der Waals surface area contributed by atoms with Crippen LogP contribution in [-0.4, -0.2) is 42.7 Å². The summed E-state index contributed by atoms with van der Waals surface area (Å²) in [6.45, 7) is 3.76. The Labute approximate surface area is 105 Å². The molecule has 3 atom stereocenters. The van der Waals surface area contributed by atoms with Crippen LogP contribution in [0.25, 0.3) is 0 Å². The second kappa shape index (κ2) is 5.25. The van der Waals surface area contributed by atoms with E-state index in [-0.39, 0.29) is 0 Å². The molecule has 3 N–H and O–H groups in total. The molecule has 1 heterocycles. The largest absolute Gasteiger partial charge is 0.327 e. The van der Waals surface area contributed by atoms with Crippen LogP contribution < -0.4 is 11.1 Å². The third-order valence-electron chi connectivity index (χ3n) is 4.92. The fourth-order valence-corrected chi connectivity index (χ4v) is 3.53. The first-order valence-electron chi connectivity index (χ1n) is 7.56. The Balaban J connectivity index is 1.39. The van der Waals surface area contributed by atoms with Gasteiger partial charge in [0, 0.05) is 31.2 Å². The van der Waals surface area contributed by atoms with E-state index in [2.05, 4.69) is 10.2 Å². The highest BCUT2D eigenvalue weighted by molar-refractivity contribution is 4.92. The van der Waals surface area contributed by atoms with E-state index >= 15 is 0 Å². The Hall–Kier alpha value is -0.120. The molecule has 2 aliphatic carbocycles. The molecule has 0 amide bonds. The normalized spacial score (nSPS) is 39.7. The smallest absolute Gasteiger partial charge is 0.0207 e. The molecule has 1 aliphatic heterocycles. The first-order valence-corrected chi connectivity index (χ1v) is 7.56. The predicted octanol–water partition coefficient (Wildman–Crippen LogP) is 1.33. The van der Waals surface area contributed by atoms with Crippen LogP contribution >= 0.6 is 0 Å². The van der Waals surface area contributed by atoms with E-state index in [1.807, 2.05) is 0 Å². The summed E-state index contributed by atoms with van der Waals surface area (Å²) in [7, 11) is 0. The highest BCUT2D eigenvalue weighted by atomic mass is 15.2. The third kappa shape index (κ3) is 3.01. The van der Waals surface area contributed by atoms with Crippen molar-refractivity contribution in [1.29, 1.82) is 0 Å². The molecule has 3 unspecified atom stereocenters. The maximum absolute atomic E-state index is 6.20. The molecule has 0 aromatic heterocycles. The Morgan fingerprint density at radius 2 is 1.88 bits per heavy atom. The summed E-state index contributed by atoms with van der Waals surface area (Å²) < 4.78 is 0. The zero-order valence-corrected chi connectivity index (χ0v) is 10.9. The molecule has 0 radical (unpaired) electrons. The van der Waals surface area contributed by atoms with Crippen molar-refractivity contribution in [3.63, 3.8) is 0 Å². The first-order chi connectivity index (χ1) is 8.33. The van der Waals surface area contributed by atoms with Gasteiger partial charge in [-0.05, 0) is 44.6 Å². The van der Waals surface area contributed by atoms with Gasteiger partial charge in [0.05, 0.1) is 0 Å². The van der Waals surface area contributed by atoms with Crippen LogP contribution in [0.4, 0.5) is 0 Å². The molecule has 0 bridgehead atoms. The van der Waals surface area contributed by atoms with Crippen LogP contribution in [-0.2, 0) is 0 Å².